The Morgan fingerprint density at radius 2 is 1.37 bits per heavy atom. The van der Waals surface area contributed by atoms with E-state index in [2.05, 4.69) is 20.9 Å². The number of quaternary nitrogens is 1. The van der Waals surface area contributed by atoms with Gasteiger partial charge in [0, 0.05) is 19.3 Å². The molecule has 2 aromatic rings. The van der Waals surface area contributed by atoms with Crippen LogP contribution in [0.1, 0.15) is 44.2 Å². The number of hydrogen-bond donors (Lipinski definition) is 1. The molecule has 0 bridgehead atoms. The number of amides is 1. The van der Waals surface area contributed by atoms with Crippen molar-refractivity contribution in [3.63, 3.8) is 0 Å². The van der Waals surface area contributed by atoms with E-state index in [1.165, 1.54) is 12.8 Å². The van der Waals surface area contributed by atoms with Crippen LogP contribution in [0.15, 0.2) is 60.7 Å². The molecule has 4 heteroatoms. The lowest BCUT2D eigenvalue weighted by molar-refractivity contribution is -0.940. The summed E-state index contributed by atoms with van der Waals surface area (Å²) in [7, 11) is 2.34. The minimum atomic E-state index is -0.786. The van der Waals surface area contributed by atoms with Crippen molar-refractivity contribution in [3.8, 4) is 0 Å². The molecule has 3 nitrogen and oxygen atoms in total. The molecule has 1 amide bonds. The number of benzene rings is 2. The van der Waals surface area contributed by atoms with Crippen LogP contribution in [-0.4, -0.2) is 36.1 Å². The van der Waals surface area contributed by atoms with Crippen molar-refractivity contribution in [3.05, 3.63) is 71.8 Å². The lowest BCUT2D eigenvalue weighted by Gasteiger charge is -2.42. The van der Waals surface area contributed by atoms with Gasteiger partial charge in [-0.2, -0.15) is 0 Å². The Bertz CT molecular complexity index is 698. The van der Waals surface area contributed by atoms with Crippen molar-refractivity contribution in [2.45, 2.75) is 50.6 Å². The van der Waals surface area contributed by atoms with Crippen LogP contribution >= 0.6 is 0 Å². The minimum absolute atomic E-state index is 0. The summed E-state index contributed by atoms with van der Waals surface area (Å²) in [6.07, 6.45) is 3.22. The van der Waals surface area contributed by atoms with Gasteiger partial charge in [-0.25, -0.2) is 0 Å². The van der Waals surface area contributed by atoms with Gasteiger partial charge in [0.15, 0.2) is 0 Å². The van der Waals surface area contributed by atoms with Gasteiger partial charge in [0.1, 0.15) is 5.41 Å². The highest BCUT2D eigenvalue weighted by Gasteiger charge is 2.46. The summed E-state index contributed by atoms with van der Waals surface area (Å²) in [6.45, 7) is 5.61. The van der Waals surface area contributed by atoms with Gasteiger partial charge >= 0.3 is 0 Å². The van der Waals surface area contributed by atoms with Gasteiger partial charge in [-0.15, -0.1) is 0 Å². The van der Waals surface area contributed by atoms with Crippen LogP contribution < -0.4 is 22.7 Å². The van der Waals surface area contributed by atoms with E-state index in [9.17, 15) is 4.79 Å². The summed E-state index contributed by atoms with van der Waals surface area (Å²) in [6, 6.07) is 21.3. The van der Waals surface area contributed by atoms with Crippen LogP contribution in [0.2, 0.25) is 0 Å². The molecule has 2 N–H and O–H groups in total. The van der Waals surface area contributed by atoms with Gasteiger partial charge in [0.05, 0.1) is 25.7 Å². The Balaban J connectivity index is 0.00000261. The van der Waals surface area contributed by atoms with E-state index < -0.39 is 5.41 Å². The molecule has 27 heavy (non-hydrogen) atoms. The van der Waals surface area contributed by atoms with Gasteiger partial charge in [-0.1, -0.05) is 60.7 Å². The van der Waals surface area contributed by atoms with Crippen molar-refractivity contribution < 1.29 is 26.3 Å². The number of nitrogens with zero attached hydrogens (tertiary/aromatic N) is 1. The monoisotopic (exact) mass is 430 g/mol. The quantitative estimate of drug-likeness (QED) is 0.678. The summed E-state index contributed by atoms with van der Waals surface area (Å²) in [5.41, 5.74) is 7.28. The molecule has 1 aliphatic rings. The maximum atomic E-state index is 12.9. The third-order valence-electron chi connectivity index (χ3n) is 6.94. The average Bonchev–Trinajstić information content (AvgIpc) is 2.91. The Hall–Kier alpha value is -1.65. The summed E-state index contributed by atoms with van der Waals surface area (Å²) < 4.78 is 1.01. The van der Waals surface area contributed by atoms with Crippen LogP contribution in [0.5, 0.6) is 0 Å². The van der Waals surface area contributed by atoms with E-state index in [0.717, 1.165) is 28.6 Å². The highest BCUT2D eigenvalue weighted by molar-refractivity contribution is 5.90. The van der Waals surface area contributed by atoms with Crippen molar-refractivity contribution in [2.24, 2.45) is 5.73 Å². The van der Waals surface area contributed by atoms with Crippen LogP contribution in [0.4, 0.5) is 0 Å². The zero-order valence-corrected chi connectivity index (χ0v) is 18.2. The predicted octanol–water partition coefficient (Wildman–Crippen LogP) is 0.870. The van der Waals surface area contributed by atoms with Crippen LogP contribution in [0.3, 0.4) is 0 Å². The first-order chi connectivity index (χ1) is 12.4. The third-order valence-corrected chi connectivity index (χ3v) is 6.94. The van der Waals surface area contributed by atoms with E-state index in [-0.39, 0.29) is 22.9 Å². The fraction of sp³-hybridized carbons (Fsp3) is 0.435. The fourth-order valence-corrected chi connectivity index (χ4v) is 4.66. The summed E-state index contributed by atoms with van der Waals surface area (Å²) in [5.74, 6) is -0.263. The zero-order chi connectivity index (χ0) is 18.8. The molecule has 1 heterocycles. The SMILES string of the molecule is CC1CCC(C)[N+]1(C)CCC(C(N)=O)(c1ccccc1)c1ccccc1.[Br-]. The molecule has 0 spiro atoms. The Morgan fingerprint density at radius 1 is 0.963 bits per heavy atom. The lowest BCUT2D eigenvalue weighted by atomic mass is 9.71. The molecule has 146 valence electrons. The molecule has 3 rings (SSSR count). The Morgan fingerprint density at radius 3 is 1.74 bits per heavy atom. The minimum Gasteiger partial charge on any atom is -1.00 e. The standard InChI is InChI=1S/C23H30N2O.BrH/c1-18-14-15-19(2)25(18,3)17-16-23(22(24)26,20-10-6-4-7-11-20)21-12-8-5-9-13-21;/h4-13,18-19H,14-17H2,1-3H3,(H-,24,26);1H. The summed E-state index contributed by atoms with van der Waals surface area (Å²) >= 11 is 0. The molecule has 2 aromatic carbocycles. The Kier molecular flexibility index (Phi) is 6.87. The molecule has 1 saturated heterocycles. The maximum absolute atomic E-state index is 12.9. The number of likely N-dealkylation sites (tertiary alicyclic amines) is 1. The molecule has 0 aromatic heterocycles. The van der Waals surface area contributed by atoms with E-state index >= 15 is 0 Å². The van der Waals surface area contributed by atoms with E-state index in [1.807, 2.05) is 60.7 Å². The van der Waals surface area contributed by atoms with E-state index in [0.29, 0.717) is 12.1 Å². The number of nitrogens with two attached hydrogens (primary N) is 1. The molecule has 1 aliphatic heterocycles. The molecule has 0 aliphatic carbocycles. The molecule has 0 radical (unpaired) electrons. The maximum Gasteiger partial charge on any atom is 0.232 e. The Labute approximate surface area is 173 Å². The van der Waals surface area contributed by atoms with Crippen molar-refractivity contribution in [1.82, 2.24) is 0 Å². The van der Waals surface area contributed by atoms with Gasteiger partial charge < -0.3 is 27.2 Å². The van der Waals surface area contributed by atoms with Gasteiger partial charge in [-0.05, 0) is 25.0 Å². The lowest BCUT2D eigenvalue weighted by Crippen LogP contribution is -3.00. The van der Waals surface area contributed by atoms with Gasteiger partial charge in [0.25, 0.3) is 0 Å². The van der Waals surface area contributed by atoms with Crippen molar-refractivity contribution in [1.29, 1.82) is 0 Å². The molecular formula is C23H31BrN2O. The predicted molar refractivity (Wildman–Crippen MR) is 107 cm³/mol. The first-order valence-electron chi connectivity index (χ1n) is 9.67. The molecule has 1 fully saturated rings. The zero-order valence-electron chi connectivity index (χ0n) is 16.6. The number of primary amides is 1. The third kappa shape index (κ3) is 3.83. The average molecular weight is 431 g/mol. The second-order valence-corrected chi connectivity index (χ2v) is 8.10. The first-order valence-corrected chi connectivity index (χ1v) is 9.67. The van der Waals surface area contributed by atoms with Crippen molar-refractivity contribution in [2.75, 3.05) is 13.6 Å². The van der Waals surface area contributed by atoms with Gasteiger partial charge in [-0.3, -0.25) is 4.79 Å². The molecular weight excluding hydrogens is 400 g/mol. The van der Waals surface area contributed by atoms with E-state index in [4.69, 9.17) is 5.73 Å². The smallest absolute Gasteiger partial charge is 0.232 e. The topological polar surface area (TPSA) is 43.1 Å². The summed E-state index contributed by atoms with van der Waals surface area (Å²) in [5, 5.41) is 0. The second kappa shape index (κ2) is 8.57. The number of carbonyl (C=O) groups is 1. The van der Waals surface area contributed by atoms with Gasteiger partial charge in [0.2, 0.25) is 5.91 Å². The normalized spacial score (nSPS) is 25.0. The number of carbonyl (C=O) groups excluding carboxylic acids is 1. The van der Waals surface area contributed by atoms with Crippen LogP contribution in [-0.2, 0) is 10.2 Å². The highest BCUT2D eigenvalue weighted by atomic mass is 79.9. The summed E-state index contributed by atoms with van der Waals surface area (Å²) in [4.78, 5) is 12.9. The van der Waals surface area contributed by atoms with Crippen LogP contribution in [0, 0.1) is 0 Å². The number of hydrogen-bond acceptors (Lipinski definition) is 1. The number of halogens is 1. The van der Waals surface area contributed by atoms with Crippen molar-refractivity contribution >= 4 is 5.91 Å². The highest BCUT2D eigenvalue weighted by Crippen LogP contribution is 2.39. The molecule has 2 unspecified atom stereocenters. The fourth-order valence-electron chi connectivity index (χ4n) is 4.66. The first kappa shape index (κ1) is 21.6. The largest absolute Gasteiger partial charge is 1.00 e. The second-order valence-electron chi connectivity index (χ2n) is 8.10. The molecule has 0 saturated carbocycles. The number of rotatable bonds is 6. The van der Waals surface area contributed by atoms with Crippen LogP contribution in [0.25, 0.3) is 0 Å². The molecule has 2 atom stereocenters. The van der Waals surface area contributed by atoms with E-state index in [1.54, 1.807) is 0 Å².